The van der Waals surface area contributed by atoms with Gasteiger partial charge < -0.3 is 9.47 Å². The molecule has 3 heterocycles. The molecule has 1 aliphatic rings. The summed E-state index contributed by atoms with van der Waals surface area (Å²) in [5.74, 6) is 0.731. The summed E-state index contributed by atoms with van der Waals surface area (Å²) in [6, 6.07) is 8.13. The van der Waals surface area contributed by atoms with Gasteiger partial charge in [0.15, 0.2) is 11.2 Å². The quantitative estimate of drug-likeness (QED) is 0.721. The molecule has 2 aromatic heterocycles. The van der Waals surface area contributed by atoms with Crippen molar-refractivity contribution in [2.24, 2.45) is 7.05 Å². The van der Waals surface area contributed by atoms with Crippen LogP contribution in [0.15, 0.2) is 33.9 Å². The fraction of sp³-hybridized carbons (Fsp3) is 0.421. The molecule has 7 heteroatoms. The maximum Gasteiger partial charge on any atom is 0.332 e. The van der Waals surface area contributed by atoms with Crippen molar-refractivity contribution >= 4 is 22.8 Å². The smallest absolute Gasteiger partial charge is 0.310 e. The van der Waals surface area contributed by atoms with Crippen molar-refractivity contribution in [3.05, 3.63) is 50.7 Å². The van der Waals surface area contributed by atoms with Gasteiger partial charge in [0.2, 0.25) is 5.95 Å². The predicted molar refractivity (Wildman–Crippen MR) is 102 cm³/mol. The number of benzene rings is 1. The van der Waals surface area contributed by atoms with Crippen LogP contribution < -0.4 is 16.1 Å². The zero-order valence-electron chi connectivity index (χ0n) is 15.4. The Morgan fingerprint density at radius 3 is 2.65 bits per heavy atom. The summed E-state index contributed by atoms with van der Waals surface area (Å²) in [4.78, 5) is 32.4. The van der Waals surface area contributed by atoms with Crippen LogP contribution in [0.2, 0.25) is 0 Å². The largest absolute Gasteiger partial charge is 0.332 e. The van der Waals surface area contributed by atoms with Crippen LogP contribution >= 0.6 is 0 Å². The van der Waals surface area contributed by atoms with Gasteiger partial charge in [-0.05, 0) is 25.0 Å². The van der Waals surface area contributed by atoms with Crippen LogP contribution in [0.1, 0.15) is 25.3 Å². The first kappa shape index (κ1) is 16.6. The van der Waals surface area contributed by atoms with E-state index in [0.29, 0.717) is 24.3 Å². The molecule has 0 spiro atoms. The molecule has 0 aliphatic carbocycles. The number of rotatable bonds is 4. The third kappa shape index (κ3) is 2.30. The van der Waals surface area contributed by atoms with Gasteiger partial charge in [-0.15, -0.1) is 0 Å². The lowest BCUT2D eigenvalue weighted by Gasteiger charge is -2.18. The van der Waals surface area contributed by atoms with Crippen molar-refractivity contribution in [3.8, 4) is 0 Å². The first-order chi connectivity index (χ1) is 12.5. The number of hydrogen-bond donors (Lipinski definition) is 0. The number of aryl methyl sites for hydroxylation is 2. The van der Waals surface area contributed by atoms with E-state index in [1.54, 1.807) is 7.05 Å². The molecule has 26 heavy (non-hydrogen) atoms. The molecule has 0 atom stereocenters. The van der Waals surface area contributed by atoms with E-state index >= 15 is 0 Å². The molecular formula is C19H23N5O2. The highest BCUT2D eigenvalue weighted by Crippen LogP contribution is 2.33. The lowest BCUT2D eigenvalue weighted by molar-refractivity contribution is 0.564. The molecule has 0 bridgehead atoms. The van der Waals surface area contributed by atoms with E-state index in [0.717, 1.165) is 36.6 Å². The highest BCUT2D eigenvalue weighted by atomic mass is 16.2. The van der Waals surface area contributed by atoms with Crippen LogP contribution in [-0.2, 0) is 20.1 Å². The van der Waals surface area contributed by atoms with Crippen molar-refractivity contribution in [2.45, 2.75) is 39.8 Å². The summed E-state index contributed by atoms with van der Waals surface area (Å²) < 4.78 is 4.79. The Morgan fingerprint density at radius 1 is 1.15 bits per heavy atom. The maximum atomic E-state index is 13.0. The molecule has 0 unspecified atom stereocenters. The minimum Gasteiger partial charge on any atom is -0.310 e. The molecule has 0 saturated carbocycles. The summed E-state index contributed by atoms with van der Waals surface area (Å²) >= 11 is 0. The van der Waals surface area contributed by atoms with E-state index in [1.165, 1.54) is 9.13 Å². The van der Waals surface area contributed by atoms with Crippen molar-refractivity contribution in [3.63, 3.8) is 0 Å². The maximum absolute atomic E-state index is 13.0. The van der Waals surface area contributed by atoms with Crippen molar-refractivity contribution in [1.29, 1.82) is 0 Å². The van der Waals surface area contributed by atoms with E-state index in [4.69, 9.17) is 0 Å². The molecule has 0 N–H and O–H groups in total. The Morgan fingerprint density at radius 2 is 1.92 bits per heavy atom. The van der Waals surface area contributed by atoms with Crippen LogP contribution in [0.5, 0.6) is 0 Å². The SMILES string of the molecule is CCCCn1c(=O)c2c(nc3n2CCN3c2ccccc2C)n(C)c1=O. The number of imidazole rings is 1. The average Bonchev–Trinajstić information content (AvgIpc) is 3.20. The summed E-state index contributed by atoms with van der Waals surface area (Å²) in [5, 5.41) is 0. The molecule has 0 amide bonds. The Bertz CT molecular complexity index is 1110. The number of unbranched alkanes of at least 4 members (excludes halogenated alkanes) is 1. The highest BCUT2D eigenvalue weighted by Gasteiger charge is 2.29. The van der Waals surface area contributed by atoms with Gasteiger partial charge in [0.1, 0.15) is 0 Å². The number of anilines is 2. The second kappa shape index (κ2) is 6.16. The molecule has 1 aromatic carbocycles. The molecule has 7 nitrogen and oxygen atoms in total. The highest BCUT2D eigenvalue weighted by molar-refractivity contribution is 5.78. The number of fused-ring (bicyclic) bond motifs is 3. The third-order valence-corrected chi connectivity index (χ3v) is 5.14. The molecule has 136 valence electrons. The van der Waals surface area contributed by atoms with E-state index in [1.807, 2.05) is 23.6 Å². The van der Waals surface area contributed by atoms with E-state index in [9.17, 15) is 9.59 Å². The Labute approximate surface area is 151 Å². The summed E-state index contributed by atoms with van der Waals surface area (Å²) in [6.45, 7) is 6.00. The molecular weight excluding hydrogens is 330 g/mol. The first-order valence-corrected chi connectivity index (χ1v) is 9.07. The van der Waals surface area contributed by atoms with Gasteiger partial charge in [0.05, 0.1) is 0 Å². The van der Waals surface area contributed by atoms with Gasteiger partial charge in [-0.25, -0.2) is 4.79 Å². The van der Waals surface area contributed by atoms with Crippen LogP contribution in [0, 0.1) is 6.92 Å². The van der Waals surface area contributed by atoms with Gasteiger partial charge in [-0.2, -0.15) is 4.98 Å². The number of hydrogen-bond acceptors (Lipinski definition) is 4. The van der Waals surface area contributed by atoms with Gasteiger partial charge >= 0.3 is 5.69 Å². The van der Waals surface area contributed by atoms with Crippen molar-refractivity contribution in [1.82, 2.24) is 18.7 Å². The van der Waals surface area contributed by atoms with Crippen LogP contribution in [-0.4, -0.2) is 25.2 Å². The molecule has 0 radical (unpaired) electrons. The minimum atomic E-state index is -0.296. The Hall–Kier alpha value is -2.83. The minimum absolute atomic E-state index is 0.234. The van der Waals surface area contributed by atoms with Gasteiger partial charge in [-0.1, -0.05) is 31.5 Å². The summed E-state index contributed by atoms with van der Waals surface area (Å²) in [5.41, 5.74) is 2.69. The zero-order chi connectivity index (χ0) is 18.4. The van der Waals surface area contributed by atoms with E-state index < -0.39 is 0 Å². The number of aromatic nitrogens is 4. The van der Waals surface area contributed by atoms with Gasteiger partial charge in [0.25, 0.3) is 5.56 Å². The molecule has 0 fully saturated rings. The second-order valence-corrected chi connectivity index (χ2v) is 6.83. The Balaban J connectivity index is 1.94. The van der Waals surface area contributed by atoms with Crippen molar-refractivity contribution < 1.29 is 0 Å². The van der Waals surface area contributed by atoms with E-state index in [2.05, 4.69) is 28.9 Å². The first-order valence-electron chi connectivity index (χ1n) is 9.07. The fourth-order valence-corrected chi connectivity index (χ4v) is 3.69. The summed E-state index contributed by atoms with van der Waals surface area (Å²) in [6.07, 6.45) is 1.73. The lowest BCUT2D eigenvalue weighted by atomic mass is 10.2. The molecule has 1 aliphatic heterocycles. The monoisotopic (exact) mass is 353 g/mol. The van der Waals surface area contributed by atoms with Gasteiger partial charge in [-0.3, -0.25) is 13.9 Å². The lowest BCUT2D eigenvalue weighted by Crippen LogP contribution is -2.39. The van der Waals surface area contributed by atoms with E-state index in [-0.39, 0.29) is 11.2 Å². The van der Waals surface area contributed by atoms with Gasteiger partial charge in [0, 0.05) is 32.4 Å². The molecule has 0 saturated heterocycles. The third-order valence-electron chi connectivity index (χ3n) is 5.14. The fourth-order valence-electron chi connectivity index (χ4n) is 3.69. The van der Waals surface area contributed by atoms with Crippen LogP contribution in [0.25, 0.3) is 11.2 Å². The number of para-hydroxylation sites is 1. The topological polar surface area (TPSA) is 65.1 Å². The van der Waals surface area contributed by atoms with Crippen LogP contribution in [0.3, 0.4) is 0 Å². The zero-order valence-corrected chi connectivity index (χ0v) is 15.4. The van der Waals surface area contributed by atoms with Crippen molar-refractivity contribution in [2.75, 3.05) is 11.4 Å². The normalized spacial score (nSPS) is 13.6. The number of nitrogens with zero attached hydrogens (tertiary/aromatic N) is 5. The Kier molecular flexibility index (Phi) is 3.94. The predicted octanol–water partition coefficient (Wildman–Crippen LogP) is 2.16. The molecule has 4 rings (SSSR count). The van der Waals surface area contributed by atoms with Crippen LogP contribution in [0.4, 0.5) is 11.6 Å². The molecule has 3 aromatic rings. The standard InChI is InChI=1S/C19H23N5O2/c1-4-5-10-24-17(25)15-16(21(3)19(24)26)20-18-22(11-12-23(15)18)14-9-7-6-8-13(14)2/h6-9H,4-5,10-12H2,1-3H3. The second-order valence-electron chi connectivity index (χ2n) is 6.83. The summed E-state index contributed by atoms with van der Waals surface area (Å²) in [7, 11) is 1.69. The average molecular weight is 353 g/mol.